The molecule has 4 rings (SSSR count). The zero-order valence-corrected chi connectivity index (χ0v) is 15.2. The van der Waals surface area contributed by atoms with Crippen molar-refractivity contribution in [3.8, 4) is 0 Å². The summed E-state index contributed by atoms with van der Waals surface area (Å²) < 4.78 is 21.9. The van der Waals surface area contributed by atoms with Crippen LogP contribution >= 0.6 is 0 Å². The van der Waals surface area contributed by atoms with Gasteiger partial charge in [-0.15, -0.1) is 0 Å². The fourth-order valence-corrected chi connectivity index (χ4v) is 4.78. The highest BCUT2D eigenvalue weighted by molar-refractivity contribution is 5.74. The molecule has 2 aliphatic heterocycles. The number of rotatable bonds is 5. The molecule has 0 aromatic heterocycles. The number of esters is 2. The van der Waals surface area contributed by atoms with Gasteiger partial charge in [-0.1, -0.05) is 13.8 Å². The number of fused-ring (bicyclic) bond motifs is 2. The highest BCUT2D eigenvalue weighted by Crippen LogP contribution is 2.51. The number of epoxide rings is 2. The molecular formula is C19H28O6. The van der Waals surface area contributed by atoms with Gasteiger partial charge < -0.3 is 18.9 Å². The Morgan fingerprint density at radius 1 is 0.960 bits per heavy atom. The van der Waals surface area contributed by atoms with Gasteiger partial charge in [-0.25, -0.2) is 0 Å². The lowest BCUT2D eigenvalue weighted by atomic mass is 9.75. The summed E-state index contributed by atoms with van der Waals surface area (Å²) in [5.74, 6) is -0.0451. The van der Waals surface area contributed by atoms with Crippen molar-refractivity contribution in [1.29, 1.82) is 0 Å². The summed E-state index contributed by atoms with van der Waals surface area (Å²) in [6.45, 7) is 6.51. The van der Waals surface area contributed by atoms with Gasteiger partial charge in [0.25, 0.3) is 0 Å². The average molecular weight is 352 g/mol. The first-order valence-corrected chi connectivity index (χ1v) is 9.54. The van der Waals surface area contributed by atoms with E-state index in [0.29, 0.717) is 6.10 Å². The lowest BCUT2D eigenvalue weighted by molar-refractivity contribution is -0.160. The summed E-state index contributed by atoms with van der Waals surface area (Å²) in [5, 5.41) is 0. The third-order valence-electron chi connectivity index (χ3n) is 6.56. The zero-order chi connectivity index (χ0) is 17.8. The first-order chi connectivity index (χ1) is 11.9. The maximum Gasteiger partial charge on any atom is 0.309 e. The van der Waals surface area contributed by atoms with Crippen LogP contribution in [0, 0.1) is 23.7 Å². The van der Waals surface area contributed by atoms with E-state index in [1.165, 1.54) is 0 Å². The second-order valence-corrected chi connectivity index (χ2v) is 8.55. The van der Waals surface area contributed by atoms with E-state index in [1.807, 2.05) is 0 Å². The Labute approximate surface area is 148 Å². The van der Waals surface area contributed by atoms with Crippen molar-refractivity contribution < 1.29 is 28.5 Å². The number of carbonyl (C=O) groups is 2. The molecule has 0 spiro atoms. The van der Waals surface area contributed by atoms with Crippen molar-refractivity contribution in [2.45, 2.75) is 70.4 Å². The molecule has 2 aliphatic carbocycles. The molecule has 0 radical (unpaired) electrons. The van der Waals surface area contributed by atoms with Gasteiger partial charge in [0.1, 0.15) is 13.2 Å². The van der Waals surface area contributed by atoms with Crippen LogP contribution in [0.4, 0.5) is 0 Å². The smallest absolute Gasteiger partial charge is 0.309 e. The van der Waals surface area contributed by atoms with Gasteiger partial charge in [-0.2, -0.15) is 0 Å². The molecular weight excluding hydrogens is 324 g/mol. The van der Waals surface area contributed by atoms with Crippen molar-refractivity contribution in [3.05, 3.63) is 0 Å². The topological polar surface area (TPSA) is 77.7 Å². The van der Waals surface area contributed by atoms with Crippen LogP contribution in [0.3, 0.4) is 0 Å². The molecule has 6 nitrogen and oxygen atoms in total. The largest absolute Gasteiger partial charge is 0.462 e. The Hall–Kier alpha value is -1.14. The fourth-order valence-electron chi connectivity index (χ4n) is 4.78. The molecule has 0 bridgehead atoms. The van der Waals surface area contributed by atoms with Crippen LogP contribution in [-0.4, -0.2) is 49.1 Å². The van der Waals surface area contributed by atoms with Crippen molar-refractivity contribution in [1.82, 2.24) is 0 Å². The molecule has 8 atom stereocenters. The molecule has 2 heterocycles. The molecule has 0 aromatic carbocycles. The van der Waals surface area contributed by atoms with E-state index >= 15 is 0 Å². The van der Waals surface area contributed by atoms with Gasteiger partial charge >= 0.3 is 11.9 Å². The summed E-state index contributed by atoms with van der Waals surface area (Å²) in [6.07, 6.45) is 4.12. The number of ether oxygens (including phenoxy) is 4. The van der Waals surface area contributed by atoms with E-state index in [9.17, 15) is 9.59 Å². The monoisotopic (exact) mass is 352 g/mol. The molecule has 8 unspecified atom stereocenters. The lowest BCUT2D eigenvalue weighted by Gasteiger charge is -2.27. The van der Waals surface area contributed by atoms with Gasteiger partial charge in [0.15, 0.2) is 0 Å². The minimum atomic E-state index is -0.193. The van der Waals surface area contributed by atoms with E-state index in [1.54, 1.807) is 0 Å². The van der Waals surface area contributed by atoms with Crippen LogP contribution in [0.2, 0.25) is 0 Å². The van der Waals surface area contributed by atoms with E-state index in [2.05, 4.69) is 20.8 Å². The second-order valence-electron chi connectivity index (χ2n) is 8.55. The van der Waals surface area contributed by atoms with Crippen LogP contribution in [0.15, 0.2) is 0 Å². The Morgan fingerprint density at radius 2 is 1.56 bits per heavy atom. The molecule has 25 heavy (non-hydrogen) atoms. The summed E-state index contributed by atoms with van der Waals surface area (Å²) in [4.78, 5) is 24.5. The fraction of sp³-hybridized carbons (Fsp3) is 0.895. The van der Waals surface area contributed by atoms with Gasteiger partial charge in [0, 0.05) is 0 Å². The number of carbonyl (C=O) groups excluding carboxylic acids is 2. The summed E-state index contributed by atoms with van der Waals surface area (Å²) in [5.41, 5.74) is -0.0211. The van der Waals surface area contributed by atoms with E-state index in [0.717, 1.165) is 25.7 Å². The summed E-state index contributed by atoms with van der Waals surface area (Å²) in [7, 11) is 0. The summed E-state index contributed by atoms with van der Waals surface area (Å²) >= 11 is 0. The van der Waals surface area contributed by atoms with E-state index in [4.69, 9.17) is 18.9 Å². The Kier molecular flexibility index (Phi) is 4.31. The predicted molar refractivity (Wildman–Crippen MR) is 87.6 cm³/mol. The number of hydrogen-bond donors (Lipinski definition) is 0. The Bertz CT molecular complexity index is 562. The summed E-state index contributed by atoms with van der Waals surface area (Å²) in [6, 6.07) is 0. The third kappa shape index (κ3) is 3.43. The lowest BCUT2D eigenvalue weighted by Crippen LogP contribution is -2.35. The predicted octanol–water partition coefficient (Wildman–Crippen LogP) is 2.09. The van der Waals surface area contributed by atoms with Gasteiger partial charge in [0.05, 0.1) is 35.7 Å². The van der Waals surface area contributed by atoms with Crippen LogP contribution in [-0.2, 0) is 28.5 Å². The normalized spacial score (nSPS) is 47.2. The molecule has 2 saturated heterocycles. The first kappa shape index (κ1) is 17.3. The molecule has 0 N–H and O–H groups in total. The zero-order valence-electron chi connectivity index (χ0n) is 15.2. The van der Waals surface area contributed by atoms with Crippen molar-refractivity contribution in [2.75, 3.05) is 13.2 Å². The Balaban J connectivity index is 1.17. The highest BCUT2D eigenvalue weighted by atomic mass is 16.6. The molecule has 0 aromatic rings. The standard InChI is InChI=1S/C19H28O6/c1-10-6-14-15(24-14)7-12(10)17(20)22-4-5-23-18(21)13-8-16-19(3,25-16)9-11(13)2/h10-16H,4-9H2,1-3H3. The van der Waals surface area contributed by atoms with Crippen molar-refractivity contribution in [2.24, 2.45) is 23.7 Å². The third-order valence-corrected chi connectivity index (χ3v) is 6.56. The van der Waals surface area contributed by atoms with Crippen molar-refractivity contribution >= 4 is 11.9 Å². The van der Waals surface area contributed by atoms with Crippen LogP contribution in [0.1, 0.15) is 46.5 Å². The molecule has 4 fully saturated rings. The maximum absolute atomic E-state index is 12.3. The minimum absolute atomic E-state index is 0.0211. The quantitative estimate of drug-likeness (QED) is 0.428. The molecule has 0 amide bonds. The molecule has 4 aliphatic rings. The van der Waals surface area contributed by atoms with Gasteiger partial charge in [0.2, 0.25) is 0 Å². The minimum Gasteiger partial charge on any atom is -0.462 e. The van der Waals surface area contributed by atoms with E-state index in [-0.39, 0.29) is 66.6 Å². The first-order valence-electron chi connectivity index (χ1n) is 9.54. The second kappa shape index (κ2) is 6.23. The van der Waals surface area contributed by atoms with Gasteiger partial charge in [-0.3, -0.25) is 9.59 Å². The molecule has 2 saturated carbocycles. The van der Waals surface area contributed by atoms with Crippen molar-refractivity contribution in [3.63, 3.8) is 0 Å². The van der Waals surface area contributed by atoms with Crippen LogP contribution < -0.4 is 0 Å². The molecule has 6 heteroatoms. The Morgan fingerprint density at radius 3 is 2.24 bits per heavy atom. The highest BCUT2D eigenvalue weighted by Gasteiger charge is 2.58. The molecule has 140 valence electrons. The van der Waals surface area contributed by atoms with E-state index < -0.39 is 0 Å². The SMILES string of the molecule is CC1CC2OC2CC1C(=O)OCCOC(=O)C1CC2OC2(C)CC1C. The van der Waals surface area contributed by atoms with Gasteiger partial charge in [-0.05, 0) is 44.4 Å². The average Bonchev–Trinajstić information content (AvgIpc) is 3.44. The van der Waals surface area contributed by atoms with Crippen LogP contribution in [0.5, 0.6) is 0 Å². The van der Waals surface area contributed by atoms with Crippen LogP contribution in [0.25, 0.3) is 0 Å². The number of hydrogen-bond acceptors (Lipinski definition) is 6. The maximum atomic E-state index is 12.3.